The third-order valence-corrected chi connectivity index (χ3v) is 3.33. The molecule has 0 aromatic rings. The molecule has 1 fully saturated rings. The molecule has 1 saturated carbocycles. The van der Waals surface area contributed by atoms with Crippen molar-refractivity contribution in [3.8, 4) is 6.07 Å². The SMILES string of the molecule is CN(CCC#N)CC(=O)NCC1CCCCC1. The van der Waals surface area contributed by atoms with E-state index < -0.39 is 0 Å². The van der Waals surface area contributed by atoms with Crippen LogP contribution in [0, 0.1) is 17.2 Å². The third kappa shape index (κ3) is 6.28. The average Bonchev–Trinajstić information content (AvgIpc) is 2.35. The van der Waals surface area contributed by atoms with Crippen molar-refractivity contribution in [1.82, 2.24) is 10.2 Å². The van der Waals surface area contributed by atoms with Crippen LogP contribution >= 0.6 is 0 Å². The van der Waals surface area contributed by atoms with Gasteiger partial charge in [-0.3, -0.25) is 9.69 Å². The van der Waals surface area contributed by atoms with Crippen LogP contribution in [0.15, 0.2) is 0 Å². The zero-order valence-corrected chi connectivity index (χ0v) is 10.7. The van der Waals surface area contributed by atoms with E-state index in [1.807, 2.05) is 11.9 Å². The Hall–Kier alpha value is -1.08. The van der Waals surface area contributed by atoms with Gasteiger partial charge in [0.1, 0.15) is 0 Å². The number of likely N-dealkylation sites (N-methyl/N-ethyl adjacent to an activating group) is 1. The first-order chi connectivity index (χ1) is 8.22. The Labute approximate surface area is 104 Å². The highest BCUT2D eigenvalue weighted by molar-refractivity contribution is 5.77. The lowest BCUT2D eigenvalue weighted by Gasteiger charge is -2.22. The van der Waals surface area contributed by atoms with Crippen LogP contribution in [-0.2, 0) is 4.79 Å². The minimum Gasteiger partial charge on any atom is -0.355 e. The fraction of sp³-hybridized carbons (Fsp3) is 0.846. The molecule has 0 aromatic carbocycles. The van der Waals surface area contributed by atoms with Gasteiger partial charge in [0, 0.05) is 19.5 Å². The highest BCUT2D eigenvalue weighted by Gasteiger charge is 2.14. The van der Waals surface area contributed by atoms with Crippen LogP contribution in [0.4, 0.5) is 0 Å². The summed E-state index contributed by atoms with van der Waals surface area (Å²) in [4.78, 5) is 13.5. The van der Waals surface area contributed by atoms with Crippen LogP contribution < -0.4 is 5.32 Å². The minimum absolute atomic E-state index is 0.0796. The number of carbonyl (C=O) groups is 1. The maximum atomic E-state index is 11.6. The first kappa shape index (κ1) is 14.0. The Kier molecular flexibility index (Phi) is 6.64. The molecule has 1 aliphatic carbocycles. The van der Waals surface area contributed by atoms with E-state index >= 15 is 0 Å². The van der Waals surface area contributed by atoms with Crippen LogP contribution in [0.2, 0.25) is 0 Å². The second-order valence-electron chi connectivity index (χ2n) is 4.95. The molecule has 1 aliphatic rings. The summed E-state index contributed by atoms with van der Waals surface area (Å²) in [5.41, 5.74) is 0. The monoisotopic (exact) mass is 237 g/mol. The van der Waals surface area contributed by atoms with Gasteiger partial charge in [0.05, 0.1) is 12.6 Å². The molecule has 0 bridgehead atoms. The number of nitrogens with zero attached hydrogens (tertiary/aromatic N) is 2. The fourth-order valence-corrected chi connectivity index (χ4v) is 2.27. The van der Waals surface area contributed by atoms with Crippen molar-refractivity contribution < 1.29 is 4.79 Å². The van der Waals surface area contributed by atoms with Crippen molar-refractivity contribution in [2.24, 2.45) is 5.92 Å². The van der Waals surface area contributed by atoms with E-state index in [0.717, 1.165) is 6.54 Å². The molecule has 0 aliphatic heterocycles. The Bertz CT molecular complexity index is 266. The molecular weight excluding hydrogens is 214 g/mol. The summed E-state index contributed by atoms with van der Waals surface area (Å²) in [6.07, 6.45) is 6.95. The molecule has 0 atom stereocenters. The predicted molar refractivity (Wildman–Crippen MR) is 67.3 cm³/mol. The summed E-state index contributed by atoms with van der Waals surface area (Å²) in [6.45, 7) is 1.88. The van der Waals surface area contributed by atoms with Gasteiger partial charge in [-0.05, 0) is 25.8 Å². The predicted octanol–water partition coefficient (Wildman–Crippen LogP) is 1.53. The second kappa shape index (κ2) is 8.08. The lowest BCUT2D eigenvalue weighted by molar-refractivity contribution is -0.122. The van der Waals surface area contributed by atoms with Crippen LogP contribution in [0.1, 0.15) is 38.5 Å². The molecular formula is C13H23N3O. The standard InChI is InChI=1S/C13H23N3O/c1-16(9-5-8-14)11-13(17)15-10-12-6-3-2-4-7-12/h12H,2-7,9-11H2,1H3,(H,15,17). The van der Waals surface area contributed by atoms with E-state index in [1.165, 1.54) is 32.1 Å². The second-order valence-corrected chi connectivity index (χ2v) is 4.95. The molecule has 1 N–H and O–H groups in total. The van der Waals surface area contributed by atoms with E-state index in [-0.39, 0.29) is 5.91 Å². The molecule has 4 heteroatoms. The molecule has 0 unspecified atom stereocenters. The smallest absolute Gasteiger partial charge is 0.234 e. The number of nitrogens with one attached hydrogen (secondary N) is 1. The number of amides is 1. The molecule has 0 heterocycles. The minimum atomic E-state index is 0.0796. The quantitative estimate of drug-likeness (QED) is 0.762. The van der Waals surface area contributed by atoms with Crippen LogP contribution in [-0.4, -0.2) is 37.5 Å². The van der Waals surface area contributed by atoms with Crippen LogP contribution in [0.3, 0.4) is 0 Å². The van der Waals surface area contributed by atoms with Crippen molar-refractivity contribution in [2.75, 3.05) is 26.7 Å². The number of nitriles is 1. The largest absolute Gasteiger partial charge is 0.355 e. The summed E-state index contributed by atoms with van der Waals surface area (Å²) in [6, 6.07) is 2.08. The normalized spacial score (nSPS) is 16.8. The molecule has 17 heavy (non-hydrogen) atoms. The van der Waals surface area contributed by atoms with Gasteiger partial charge in [-0.1, -0.05) is 19.3 Å². The molecule has 0 aromatic heterocycles. The van der Waals surface area contributed by atoms with Crippen molar-refractivity contribution in [3.63, 3.8) is 0 Å². The van der Waals surface area contributed by atoms with Crippen molar-refractivity contribution in [3.05, 3.63) is 0 Å². The first-order valence-electron chi connectivity index (χ1n) is 6.54. The topological polar surface area (TPSA) is 56.1 Å². The Balaban J connectivity index is 2.09. The summed E-state index contributed by atoms with van der Waals surface area (Å²) in [7, 11) is 1.87. The highest BCUT2D eigenvalue weighted by atomic mass is 16.2. The van der Waals surface area contributed by atoms with Crippen LogP contribution in [0.25, 0.3) is 0 Å². The maximum absolute atomic E-state index is 11.6. The van der Waals surface area contributed by atoms with Gasteiger partial charge in [-0.2, -0.15) is 5.26 Å². The molecule has 0 spiro atoms. The lowest BCUT2D eigenvalue weighted by Crippen LogP contribution is -2.38. The van der Waals surface area contributed by atoms with E-state index in [2.05, 4.69) is 11.4 Å². The van der Waals surface area contributed by atoms with Gasteiger partial charge in [0.2, 0.25) is 5.91 Å². The van der Waals surface area contributed by atoms with Crippen molar-refractivity contribution >= 4 is 5.91 Å². The molecule has 96 valence electrons. The summed E-state index contributed by atoms with van der Waals surface area (Å²) in [5, 5.41) is 11.4. The Morgan fingerprint density at radius 2 is 2.12 bits per heavy atom. The zero-order valence-electron chi connectivity index (χ0n) is 10.7. The van der Waals surface area contributed by atoms with Crippen molar-refractivity contribution in [1.29, 1.82) is 5.26 Å². The number of hydrogen-bond acceptors (Lipinski definition) is 3. The lowest BCUT2D eigenvalue weighted by atomic mass is 9.89. The Morgan fingerprint density at radius 3 is 2.76 bits per heavy atom. The summed E-state index contributed by atoms with van der Waals surface area (Å²) >= 11 is 0. The van der Waals surface area contributed by atoms with E-state index in [1.54, 1.807) is 0 Å². The number of hydrogen-bond donors (Lipinski definition) is 1. The van der Waals surface area contributed by atoms with Gasteiger partial charge in [0.15, 0.2) is 0 Å². The van der Waals surface area contributed by atoms with E-state index in [0.29, 0.717) is 25.4 Å². The third-order valence-electron chi connectivity index (χ3n) is 3.33. The van der Waals surface area contributed by atoms with E-state index in [4.69, 9.17) is 5.26 Å². The van der Waals surface area contributed by atoms with Gasteiger partial charge in [-0.15, -0.1) is 0 Å². The van der Waals surface area contributed by atoms with Gasteiger partial charge >= 0.3 is 0 Å². The van der Waals surface area contributed by atoms with Gasteiger partial charge in [0.25, 0.3) is 0 Å². The summed E-state index contributed by atoms with van der Waals surface area (Å²) < 4.78 is 0. The van der Waals surface area contributed by atoms with Gasteiger partial charge < -0.3 is 5.32 Å². The fourth-order valence-electron chi connectivity index (χ4n) is 2.27. The van der Waals surface area contributed by atoms with Gasteiger partial charge in [-0.25, -0.2) is 0 Å². The van der Waals surface area contributed by atoms with E-state index in [9.17, 15) is 4.79 Å². The molecule has 0 radical (unpaired) electrons. The average molecular weight is 237 g/mol. The number of rotatable bonds is 6. The summed E-state index contributed by atoms with van der Waals surface area (Å²) in [5.74, 6) is 0.758. The molecule has 0 saturated heterocycles. The zero-order chi connectivity index (χ0) is 12.5. The first-order valence-corrected chi connectivity index (χ1v) is 6.54. The number of carbonyl (C=O) groups excluding carboxylic acids is 1. The Morgan fingerprint density at radius 1 is 1.41 bits per heavy atom. The molecule has 4 nitrogen and oxygen atoms in total. The van der Waals surface area contributed by atoms with Crippen LogP contribution in [0.5, 0.6) is 0 Å². The molecule has 1 rings (SSSR count). The maximum Gasteiger partial charge on any atom is 0.234 e. The highest BCUT2D eigenvalue weighted by Crippen LogP contribution is 2.22. The molecule has 1 amide bonds. The van der Waals surface area contributed by atoms with Crippen molar-refractivity contribution in [2.45, 2.75) is 38.5 Å².